The van der Waals surface area contributed by atoms with Crippen molar-refractivity contribution < 1.29 is 19.1 Å². The maximum Gasteiger partial charge on any atom is 0.295 e. The molecule has 0 unspecified atom stereocenters. The number of hydrogen-bond donors (Lipinski definition) is 1. The molecule has 0 aliphatic carbocycles. The number of carbonyl (C=O) groups is 2. The van der Waals surface area contributed by atoms with Crippen molar-refractivity contribution in [1.82, 2.24) is 4.90 Å². The first-order chi connectivity index (χ1) is 15.0. The molecule has 0 aromatic heterocycles. The summed E-state index contributed by atoms with van der Waals surface area (Å²) in [7, 11) is 0. The summed E-state index contributed by atoms with van der Waals surface area (Å²) >= 11 is 5.93. The zero-order chi connectivity index (χ0) is 22.0. The molecule has 0 saturated carbocycles. The number of aliphatic hydroxyl groups excluding tert-OH is 1. The van der Waals surface area contributed by atoms with Crippen molar-refractivity contribution in [3.05, 3.63) is 112 Å². The van der Waals surface area contributed by atoms with Crippen molar-refractivity contribution in [2.75, 3.05) is 6.54 Å². The van der Waals surface area contributed by atoms with Crippen LogP contribution in [0.1, 0.15) is 22.7 Å². The summed E-state index contributed by atoms with van der Waals surface area (Å²) in [6.45, 7) is 0.272. The third-order valence-electron chi connectivity index (χ3n) is 5.33. The second-order valence-electron chi connectivity index (χ2n) is 7.29. The highest BCUT2D eigenvalue weighted by Gasteiger charge is 2.45. The largest absolute Gasteiger partial charge is 0.507 e. The van der Waals surface area contributed by atoms with Gasteiger partial charge in [0.25, 0.3) is 11.7 Å². The molecule has 3 aromatic rings. The van der Waals surface area contributed by atoms with Crippen molar-refractivity contribution in [3.8, 4) is 0 Å². The standard InChI is InChI=1S/C25H19ClFNO3/c26-19-10-6-18(7-11-19)23(29)21-22(17-8-12-20(27)13-9-17)28(25(31)24(21)30)15-14-16-4-2-1-3-5-16/h1-13,22,29H,14-15H2/t22-/m0/s1. The Morgan fingerprint density at radius 2 is 1.58 bits per heavy atom. The van der Waals surface area contributed by atoms with Crippen LogP contribution >= 0.6 is 11.6 Å². The summed E-state index contributed by atoms with van der Waals surface area (Å²) in [4.78, 5) is 27.3. The minimum absolute atomic E-state index is 0.0213. The molecule has 4 nitrogen and oxygen atoms in total. The predicted octanol–water partition coefficient (Wildman–Crippen LogP) is 5.14. The van der Waals surface area contributed by atoms with Gasteiger partial charge in [-0.15, -0.1) is 0 Å². The molecule has 4 rings (SSSR count). The Labute approximate surface area is 184 Å². The van der Waals surface area contributed by atoms with E-state index in [1.54, 1.807) is 24.3 Å². The van der Waals surface area contributed by atoms with E-state index in [0.29, 0.717) is 22.6 Å². The van der Waals surface area contributed by atoms with Gasteiger partial charge in [-0.25, -0.2) is 4.39 Å². The molecule has 1 N–H and O–H groups in total. The van der Waals surface area contributed by atoms with Gasteiger partial charge in [0.15, 0.2) is 0 Å². The monoisotopic (exact) mass is 435 g/mol. The van der Waals surface area contributed by atoms with Crippen molar-refractivity contribution in [2.24, 2.45) is 0 Å². The van der Waals surface area contributed by atoms with Crippen LogP contribution in [0.3, 0.4) is 0 Å². The number of aliphatic hydroxyl groups is 1. The number of rotatable bonds is 5. The first-order valence-corrected chi connectivity index (χ1v) is 10.2. The summed E-state index contributed by atoms with van der Waals surface area (Å²) in [5.41, 5.74) is 1.91. The number of likely N-dealkylation sites (tertiary alicyclic amines) is 1. The minimum Gasteiger partial charge on any atom is -0.507 e. The molecule has 1 saturated heterocycles. The van der Waals surface area contributed by atoms with Crippen LogP contribution in [0.15, 0.2) is 84.4 Å². The Morgan fingerprint density at radius 3 is 2.23 bits per heavy atom. The van der Waals surface area contributed by atoms with E-state index in [-0.39, 0.29) is 17.9 Å². The fourth-order valence-corrected chi connectivity index (χ4v) is 3.89. The quantitative estimate of drug-likeness (QED) is 0.343. The van der Waals surface area contributed by atoms with Gasteiger partial charge in [0.1, 0.15) is 11.6 Å². The average molecular weight is 436 g/mol. The molecule has 1 atom stereocenters. The van der Waals surface area contributed by atoms with Gasteiger partial charge in [-0.3, -0.25) is 9.59 Å². The predicted molar refractivity (Wildman–Crippen MR) is 117 cm³/mol. The number of nitrogens with zero attached hydrogens (tertiary/aromatic N) is 1. The van der Waals surface area contributed by atoms with Gasteiger partial charge in [-0.2, -0.15) is 0 Å². The third-order valence-corrected chi connectivity index (χ3v) is 5.58. The van der Waals surface area contributed by atoms with E-state index in [9.17, 15) is 19.1 Å². The number of ketones is 1. The van der Waals surface area contributed by atoms with Gasteiger partial charge < -0.3 is 10.0 Å². The van der Waals surface area contributed by atoms with Crippen LogP contribution in [-0.2, 0) is 16.0 Å². The third kappa shape index (κ3) is 4.23. The molecule has 3 aromatic carbocycles. The maximum absolute atomic E-state index is 13.5. The molecule has 31 heavy (non-hydrogen) atoms. The van der Waals surface area contributed by atoms with Gasteiger partial charge in [-0.05, 0) is 53.9 Å². The smallest absolute Gasteiger partial charge is 0.295 e. The van der Waals surface area contributed by atoms with E-state index in [2.05, 4.69) is 0 Å². The van der Waals surface area contributed by atoms with E-state index in [1.807, 2.05) is 30.3 Å². The van der Waals surface area contributed by atoms with E-state index in [0.717, 1.165) is 5.56 Å². The zero-order valence-electron chi connectivity index (χ0n) is 16.5. The van der Waals surface area contributed by atoms with Crippen LogP contribution in [0.2, 0.25) is 5.02 Å². The summed E-state index contributed by atoms with van der Waals surface area (Å²) in [5, 5.41) is 11.4. The Balaban J connectivity index is 1.78. The van der Waals surface area contributed by atoms with Gasteiger partial charge in [0.05, 0.1) is 11.6 Å². The lowest BCUT2D eigenvalue weighted by Crippen LogP contribution is -2.31. The maximum atomic E-state index is 13.5. The molecule has 1 fully saturated rings. The molecule has 6 heteroatoms. The summed E-state index contributed by atoms with van der Waals surface area (Å²) < 4.78 is 13.5. The molecular formula is C25H19ClFNO3. The molecule has 1 aliphatic rings. The van der Waals surface area contributed by atoms with Crippen LogP contribution in [-0.4, -0.2) is 28.2 Å². The van der Waals surface area contributed by atoms with Gasteiger partial charge in [-0.1, -0.05) is 54.1 Å². The number of amides is 1. The van der Waals surface area contributed by atoms with Crippen molar-refractivity contribution >= 4 is 29.1 Å². The lowest BCUT2D eigenvalue weighted by atomic mass is 9.95. The lowest BCUT2D eigenvalue weighted by molar-refractivity contribution is -0.139. The lowest BCUT2D eigenvalue weighted by Gasteiger charge is -2.25. The van der Waals surface area contributed by atoms with Crippen LogP contribution in [0.5, 0.6) is 0 Å². The first kappa shape index (κ1) is 20.8. The van der Waals surface area contributed by atoms with Crippen molar-refractivity contribution in [1.29, 1.82) is 0 Å². The van der Waals surface area contributed by atoms with Gasteiger partial charge >= 0.3 is 0 Å². The normalized spacial score (nSPS) is 17.9. The fourth-order valence-electron chi connectivity index (χ4n) is 3.76. The Morgan fingerprint density at radius 1 is 0.935 bits per heavy atom. The van der Waals surface area contributed by atoms with Crippen LogP contribution in [0.25, 0.3) is 5.76 Å². The summed E-state index contributed by atoms with van der Waals surface area (Å²) in [6.07, 6.45) is 0.534. The highest BCUT2D eigenvalue weighted by molar-refractivity contribution is 6.46. The van der Waals surface area contributed by atoms with Crippen LogP contribution in [0.4, 0.5) is 4.39 Å². The fraction of sp³-hybridized carbons (Fsp3) is 0.120. The zero-order valence-corrected chi connectivity index (χ0v) is 17.2. The Bertz CT molecular complexity index is 1140. The van der Waals surface area contributed by atoms with E-state index in [1.165, 1.54) is 29.2 Å². The number of halogens is 2. The van der Waals surface area contributed by atoms with Crippen molar-refractivity contribution in [2.45, 2.75) is 12.5 Å². The van der Waals surface area contributed by atoms with Gasteiger partial charge in [0.2, 0.25) is 0 Å². The minimum atomic E-state index is -0.819. The molecule has 1 amide bonds. The summed E-state index contributed by atoms with van der Waals surface area (Å²) in [6, 6.07) is 20.7. The SMILES string of the molecule is O=C1C(=O)N(CCc2ccccc2)[C@@H](c2ccc(F)cc2)C1=C(O)c1ccc(Cl)cc1. The molecule has 0 radical (unpaired) electrons. The molecular weight excluding hydrogens is 417 g/mol. The molecule has 1 heterocycles. The molecule has 156 valence electrons. The van der Waals surface area contributed by atoms with E-state index >= 15 is 0 Å². The molecule has 1 aliphatic heterocycles. The Kier molecular flexibility index (Phi) is 5.87. The van der Waals surface area contributed by atoms with E-state index < -0.39 is 23.5 Å². The topological polar surface area (TPSA) is 57.6 Å². The number of carbonyl (C=O) groups excluding carboxylic acids is 2. The van der Waals surface area contributed by atoms with Crippen molar-refractivity contribution in [3.63, 3.8) is 0 Å². The van der Waals surface area contributed by atoms with E-state index in [4.69, 9.17) is 11.6 Å². The number of benzene rings is 3. The Hall–Kier alpha value is -3.44. The average Bonchev–Trinajstić information content (AvgIpc) is 3.04. The highest BCUT2D eigenvalue weighted by atomic mass is 35.5. The van der Waals surface area contributed by atoms with Crippen LogP contribution < -0.4 is 0 Å². The molecule has 0 spiro atoms. The molecule has 0 bridgehead atoms. The highest BCUT2D eigenvalue weighted by Crippen LogP contribution is 2.39. The second-order valence-corrected chi connectivity index (χ2v) is 7.72. The van der Waals surface area contributed by atoms with Crippen LogP contribution in [0, 0.1) is 5.82 Å². The second kappa shape index (κ2) is 8.74. The number of hydrogen-bond acceptors (Lipinski definition) is 3. The number of Topliss-reactive ketones (excluding diaryl/α,β-unsaturated/α-hetero) is 1. The summed E-state index contributed by atoms with van der Waals surface area (Å²) in [5.74, 6) is -2.18. The first-order valence-electron chi connectivity index (χ1n) is 9.79. The van der Waals surface area contributed by atoms with Gasteiger partial charge in [0, 0.05) is 17.1 Å².